The second-order valence-electron chi connectivity index (χ2n) is 5.88. The van der Waals surface area contributed by atoms with Crippen molar-refractivity contribution in [2.75, 3.05) is 7.11 Å². The van der Waals surface area contributed by atoms with Gasteiger partial charge < -0.3 is 4.74 Å². The molecule has 0 aliphatic carbocycles. The number of rotatable bonds is 6. The molecule has 2 rings (SSSR count). The molecule has 0 saturated carbocycles. The van der Waals surface area contributed by atoms with E-state index in [1.165, 1.54) is 14.0 Å². The summed E-state index contributed by atoms with van der Waals surface area (Å²) in [6.07, 6.45) is -0.721. The van der Waals surface area contributed by atoms with Gasteiger partial charge in [0.25, 0.3) is 0 Å². The molecule has 0 spiro atoms. The highest BCUT2D eigenvalue weighted by Crippen LogP contribution is 2.31. The predicted molar refractivity (Wildman–Crippen MR) is 87.8 cm³/mol. The molecular weight excluding hydrogens is 317 g/mol. The summed E-state index contributed by atoms with van der Waals surface area (Å²) in [7, 11) is 1.53. The van der Waals surface area contributed by atoms with Crippen molar-refractivity contribution in [1.29, 1.82) is 0 Å². The number of benzene rings is 1. The quantitative estimate of drug-likeness (QED) is 0.759. The van der Waals surface area contributed by atoms with E-state index in [2.05, 4.69) is 4.98 Å². The van der Waals surface area contributed by atoms with E-state index in [9.17, 15) is 13.2 Å². The molecule has 0 unspecified atom stereocenters. The molecule has 1 aromatic carbocycles. The van der Waals surface area contributed by atoms with Crippen molar-refractivity contribution in [3.8, 4) is 11.4 Å². The zero-order valence-corrected chi connectivity index (χ0v) is 14.4. The van der Waals surface area contributed by atoms with E-state index in [0.717, 1.165) is 30.0 Å². The normalized spacial score (nSPS) is 13.1. The van der Waals surface area contributed by atoms with Crippen LogP contribution in [0.2, 0.25) is 0 Å². The maximum absolute atomic E-state index is 12.8. The minimum atomic E-state index is -4.19. The summed E-state index contributed by atoms with van der Waals surface area (Å²) in [6, 6.07) is 5.21. The van der Waals surface area contributed by atoms with Gasteiger partial charge in [0.15, 0.2) is 0 Å². The molecule has 6 heteroatoms. The Balaban J connectivity index is 2.38. The Morgan fingerprint density at radius 1 is 1.21 bits per heavy atom. The number of aromatic nitrogens is 2. The topological polar surface area (TPSA) is 27.1 Å². The second-order valence-corrected chi connectivity index (χ2v) is 5.88. The number of nitrogens with zero attached hydrogens (tertiary/aromatic N) is 2. The summed E-state index contributed by atoms with van der Waals surface area (Å²) in [5.41, 5.74) is 2.38. The van der Waals surface area contributed by atoms with E-state index in [-0.39, 0.29) is 6.42 Å². The van der Waals surface area contributed by atoms with E-state index < -0.39 is 12.1 Å². The fourth-order valence-corrected chi connectivity index (χ4v) is 2.62. The highest BCUT2D eigenvalue weighted by molar-refractivity contribution is 5.50. The lowest BCUT2D eigenvalue weighted by molar-refractivity contribution is -0.169. The van der Waals surface area contributed by atoms with E-state index >= 15 is 0 Å². The monoisotopic (exact) mass is 340 g/mol. The summed E-state index contributed by atoms with van der Waals surface area (Å²) in [5.74, 6) is 0.0670. The number of methoxy groups -OCH3 is 1. The van der Waals surface area contributed by atoms with Crippen molar-refractivity contribution >= 4 is 0 Å². The summed E-state index contributed by atoms with van der Waals surface area (Å²) in [4.78, 5) is 4.56. The Kier molecular flexibility index (Phi) is 5.57. The Labute approximate surface area is 140 Å². The molecule has 0 amide bonds. The van der Waals surface area contributed by atoms with Crippen LogP contribution < -0.4 is 4.74 Å². The van der Waals surface area contributed by atoms with Crippen molar-refractivity contribution < 1.29 is 17.9 Å². The van der Waals surface area contributed by atoms with Crippen molar-refractivity contribution in [1.82, 2.24) is 9.55 Å². The molecule has 0 radical (unpaired) electrons. The first-order valence-corrected chi connectivity index (χ1v) is 8.11. The molecule has 132 valence electrons. The molecule has 1 aromatic heterocycles. The van der Waals surface area contributed by atoms with E-state index in [1.54, 1.807) is 18.2 Å². The highest BCUT2D eigenvalue weighted by atomic mass is 19.4. The third-order valence-electron chi connectivity index (χ3n) is 4.11. The lowest BCUT2D eigenvalue weighted by Gasteiger charge is -2.17. The van der Waals surface area contributed by atoms with Crippen LogP contribution in [0.1, 0.15) is 37.9 Å². The van der Waals surface area contributed by atoms with Crippen LogP contribution in [0.4, 0.5) is 13.2 Å². The molecule has 1 atom stereocenters. The number of hydrogen-bond donors (Lipinski definition) is 0. The molecule has 0 N–H and O–H groups in total. The van der Waals surface area contributed by atoms with Crippen LogP contribution in [-0.4, -0.2) is 22.8 Å². The van der Waals surface area contributed by atoms with Crippen LogP contribution in [0, 0.1) is 5.92 Å². The summed E-state index contributed by atoms with van der Waals surface area (Å²) in [6.45, 7) is 5.24. The third-order valence-corrected chi connectivity index (χ3v) is 4.11. The summed E-state index contributed by atoms with van der Waals surface area (Å²) in [5, 5.41) is 0. The molecule has 0 saturated heterocycles. The molecule has 0 aliphatic rings. The van der Waals surface area contributed by atoms with Crippen LogP contribution >= 0.6 is 0 Å². The van der Waals surface area contributed by atoms with Gasteiger partial charge in [-0.15, -0.1) is 0 Å². The zero-order valence-electron chi connectivity index (χ0n) is 14.4. The van der Waals surface area contributed by atoms with Gasteiger partial charge in [-0.3, -0.25) is 4.57 Å². The van der Waals surface area contributed by atoms with Gasteiger partial charge in [-0.1, -0.05) is 26.8 Å². The lowest BCUT2D eigenvalue weighted by Crippen LogP contribution is -2.21. The SMILES string of the molecule is CCc1cn(-c2ccc(C[C@@H](C)C(F)(F)F)cc2OC)c(CC)n1. The molecule has 1 heterocycles. The first-order chi connectivity index (χ1) is 11.3. The summed E-state index contributed by atoms with van der Waals surface area (Å²) < 4.78 is 45.6. The highest BCUT2D eigenvalue weighted by Gasteiger charge is 2.35. The fraction of sp³-hybridized carbons (Fsp3) is 0.500. The van der Waals surface area contributed by atoms with Crippen LogP contribution in [-0.2, 0) is 19.3 Å². The van der Waals surface area contributed by atoms with Gasteiger partial charge in [-0.2, -0.15) is 13.2 Å². The number of hydrogen-bond acceptors (Lipinski definition) is 2. The van der Waals surface area contributed by atoms with Crippen molar-refractivity contribution in [3.05, 3.63) is 41.5 Å². The largest absolute Gasteiger partial charge is 0.495 e. The van der Waals surface area contributed by atoms with Gasteiger partial charge in [0.2, 0.25) is 0 Å². The minimum absolute atomic E-state index is 0.0646. The smallest absolute Gasteiger partial charge is 0.391 e. The summed E-state index contributed by atoms with van der Waals surface area (Å²) >= 11 is 0. The molecule has 0 aliphatic heterocycles. The third kappa shape index (κ3) is 3.91. The Hall–Kier alpha value is -1.98. The van der Waals surface area contributed by atoms with E-state index in [1.807, 2.05) is 24.6 Å². The zero-order chi connectivity index (χ0) is 17.9. The Morgan fingerprint density at radius 2 is 1.92 bits per heavy atom. The van der Waals surface area contributed by atoms with Gasteiger partial charge in [-0.05, 0) is 30.5 Å². The molecule has 3 nitrogen and oxygen atoms in total. The average Bonchev–Trinajstić information content (AvgIpc) is 2.97. The fourth-order valence-electron chi connectivity index (χ4n) is 2.62. The number of imidazole rings is 1. The van der Waals surface area contributed by atoms with Crippen LogP contribution in [0.3, 0.4) is 0 Å². The first-order valence-electron chi connectivity index (χ1n) is 8.11. The maximum Gasteiger partial charge on any atom is 0.391 e. The maximum atomic E-state index is 12.8. The second kappa shape index (κ2) is 7.28. The van der Waals surface area contributed by atoms with Crippen molar-refractivity contribution in [2.24, 2.45) is 5.92 Å². The lowest BCUT2D eigenvalue weighted by atomic mass is 10.00. The Bertz CT molecular complexity index is 692. The number of halogens is 3. The van der Waals surface area contributed by atoms with Gasteiger partial charge in [0, 0.05) is 12.6 Å². The van der Waals surface area contributed by atoms with Gasteiger partial charge >= 0.3 is 6.18 Å². The average molecular weight is 340 g/mol. The van der Waals surface area contributed by atoms with Gasteiger partial charge in [0.05, 0.1) is 24.4 Å². The van der Waals surface area contributed by atoms with Crippen LogP contribution in [0.5, 0.6) is 5.75 Å². The van der Waals surface area contributed by atoms with E-state index in [4.69, 9.17) is 4.74 Å². The molecule has 0 fully saturated rings. The molecular formula is C18H23F3N2O. The van der Waals surface area contributed by atoms with E-state index in [0.29, 0.717) is 11.3 Å². The van der Waals surface area contributed by atoms with Crippen LogP contribution in [0.25, 0.3) is 5.69 Å². The van der Waals surface area contributed by atoms with Gasteiger partial charge in [-0.25, -0.2) is 4.98 Å². The minimum Gasteiger partial charge on any atom is -0.495 e. The number of ether oxygens (including phenoxy) is 1. The number of alkyl halides is 3. The first kappa shape index (κ1) is 18.4. The molecule has 0 bridgehead atoms. The van der Waals surface area contributed by atoms with Crippen molar-refractivity contribution in [3.63, 3.8) is 0 Å². The predicted octanol–water partition coefficient (Wildman–Crippen LogP) is 4.75. The van der Waals surface area contributed by atoms with Gasteiger partial charge in [0.1, 0.15) is 11.6 Å². The van der Waals surface area contributed by atoms with Crippen LogP contribution in [0.15, 0.2) is 24.4 Å². The Morgan fingerprint density at radius 3 is 2.46 bits per heavy atom. The van der Waals surface area contributed by atoms with Crippen molar-refractivity contribution in [2.45, 2.75) is 46.2 Å². The standard InChI is InChI=1S/C18H23F3N2O/c1-5-14-11-23(17(6-2)22-14)15-8-7-13(10-16(15)24-4)9-12(3)18(19,20)21/h7-8,10-12H,5-6,9H2,1-4H3/t12-/m1/s1. The molecule has 2 aromatic rings. The molecule has 24 heavy (non-hydrogen) atoms. The number of aryl methyl sites for hydroxylation is 2.